The van der Waals surface area contributed by atoms with E-state index >= 15 is 0 Å². The van der Waals surface area contributed by atoms with Crippen LogP contribution >= 0.6 is 0 Å². The predicted molar refractivity (Wildman–Crippen MR) is 89.7 cm³/mol. The summed E-state index contributed by atoms with van der Waals surface area (Å²) in [7, 11) is 1.56. The van der Waals surface area contributed by atoms with Gasteiger partial charge in [0.1, 0.15) is 5.75 Å². The van der Waals surface area contributed by atoms with E-state index in [4.69, 9.17) is 4.74 Å². The second-order valence-corrected chi connectivity index (χ2v) is 5.17. The molecular weight excluding hydrogens is 292 g/mol. The lowest BCUT2D eigenvalue weighted by atomic mass is 10.2. The van der Waals surface area contributed by atoms with Crippen LogP contribution in [-0.2, 0) is 4.79 Å². The van der Waals surface area contributed by atoms with E-state index in [2.05, 4.69) is 10.6 Å². The van der Waals surface area contributed by atoms with Gasteiger partial charge in [-0.15, -0.1) is 0 Å². The first kappa shape index (κ1) is 16.5. The number of ether oxygens (including phenoxy) is 1. The van der Waals surface area contributed by atoms with Gasteiger partial charge in [-0.05, 0) is 43.7 Å². The Balaban J connectivity index is 2.04. The Morgan fingerprint density at radius 1 is 1.09 bits per heavy atom. The van der Waals surface area contributed by atoms with Crippen LogP contribution in [0.25, 0.3) is 0 Å². The summed E-state index contributed by atoms with van der Waals surface area (Å²) < 4.78 is 5.69. The second kappa shape index (κ2) is 7.45. The summed E-state index contributed by atoms with van der Waals surface area (Å²) in [6, 6.07) is 14.3. The molecule has 1 unspecified atom stereocenters. The van der Waals surface area contributed by atoms with Gasteiger partial charge in [0.2, 0.25) is 0 Å². The van der Waals surface area contributed by atoms with E-state index in [0.29, 0.717) is 17.0 Å². The van der Waals surface area contributed by atoms with E-state index < -0.39 is 6.10 Å². The Hall–Kier alpha value is -2.82. The SMILES string of the molecule is CNC(=O)c1cccc(NC(=O)C(C)Oc2ccccc2C)c1. The van der Waals surface area contributed by atoms with E-state index in [9.17, 15) is 9.59 Å². The number of benzene rings is 2. The number of hydrogen-bond donors (Lipinski definition) is 2. The van der Waals surface area contributed by atoms with Crippen molar-refractivity contribution in [1.82, 2.24) is 5.32 Å². The molecule has 0 radical (unpaired) electrons. The Bertz CT molecular complexity index is 713. The molecule has 2 amide bonds. The fraction of sp³-hybridized carbons (Fsp3) is 0.222. The second-order valence-electron chi connectivity index (χ2n) is 5.17. The average Bonchev–Trinajstić information content (AvgIpc) is 2.56. The van der Waals surface area contributed by atoms with Gasteiger partial charge in [0, 0.05) is 18.3 Å². The number of rotatable bonds is 5. The zero-order valence-electron chi connectivity index (χ0n) is 13.4. The molecule has 0 bridgehead atoms. The number of aryl methyl sites for hydroxylation is 1. The predicted octanol–water partition coefficient (Wildman–Crippen LogP) is 2.76. The normalized spacial score (nSPS) is 11.4. The Kier molecular flexibility index (Phi) is 5.36. The maximum Gasteiger partial charge on any atom is 0.265 e. The third kappa shape index (κ3) is 4.32. The van der Waals surface area contributed by atoms with Gasteiger partial charge < -0.3 is 15.4 Å². The molecular formula is C18H20N2O3. The first-order valence-corrected chi connectivity index (χ1v) is 7.36. The van der Waals surface area contributed by atoms with Gasteiger partial charge in [-0.3, -0.25) is 9.59 Å². The minimum absolute atomic E-state index is 0.203. The molecule has 2 aromatic rings. The first-order valence-electron chi connectivity index (χ1n) is 7.36. The van der Waals surface area contributed by atoms with Crippen molar-refractivity contribution >= 4 is 17.5 Å². The molecule has 0 aliphatic rings. The fourth-order valence-corrected chi connectivity index (χ4v) is 2.06. The van der Waals surface area contributed by atoms with Crippen molar-refractivity contribution in [3.05, 3.63) is 59.7 Å². The summed E-state index contributed by atoms with van der Waals surface area (Å²) in [6.07, 6.45) is -0.653. The maximum absolute atomic E-state index is 12.2. The molecule has 2 rings (SSSR count). The number of para-hydroxylation sites is 1. The molecule has 0 aliphatic heterocycles. The first-order chi connectivity index (χ1) is 11.0. The van der Waals surface area contributed by atoms with Crippen LogP contribution in [0.2, 0.25) is 0 Å². The highest BCUT2D eigenvalue weighted by atomic mass is 16.5. The topological polar surface area (TPSA) is 67.4 Å². The molecule has 0 aromatic heterocycles. The summed E-state index contributed by atoms with van der Waals surface area (Å²) in [5, 5.41) is 5.30. The fourth-order valence-electron chi connectivity index (χ4n) is 2.06. The third-order valence-electron chi connectivity index (χ3n) is 3.39. The summed E-state index contributed by atoms with van der Waals surface area (Å²) in [4.78, 5) is 23.9. The van der Waals surface area contributed by atoms with Crippen molar-refractivity contribution < 1.29 is 14.3 Å². The van der Waals surface area contributed by atoms with Gasteiger partial charge in [0.05, 0.1) is 0 Å². The van der Waals surface area contributed by atoms with Gasteiger partial charge in [-0.2, -0.15) is 0 Å². The highest BCUT2D eigenvalue weighted by Gasteiger charge is 2.16. The minimum Gasteiger partial charge on any atom is -0.481 e. The summed E-state index contributed by atoms with van der Waals surface area (Å²) in [5.41, 5.74) is 2.00. The van der Waals surface area contributed by atoms with E-state index in [1.54, 1.807) is 38.2 Å². The molecule has 2 aromatic carbocycles. The van der Waals surface area contributed by atoms with Crippen LogP contribution in [0.15, 0.2) is 48.5 Å². The number of amides is 2. The number of nitrogens with one attached hydrogen (secondary N) is 2. The molecule has 0 heterocycles. The van der Waals surface area contributed by atoms with Gasteiger partial charge in [-0.25, -0.2) is 0 Å². The van der Waals surface area contributed by atoms with Gasteiger partial charge in [-0.1, -0.05) is 24.3 Å². The van der Waals surface area contributed by atoms with Crippen LogP contribution in [0.3, 0.4) is 0 Å². The van der Waals surface area contributed by atoms with Crippen LogP contribution in [0.5, 0.6) is 5.75 Å². The van der Waals surface area contributed by atoms with E-state index in [0.717, 1.165) is 5.56 Å². The Morgan fingerprint density at radius 3 is 2.52 bits per heavy atom. The summed E-state index contributed by atoms with van der Waals surface area (Å²) in [6.45, 7) is 3.61. The molecule has 0 saturated heterocycles. The standard InChI is InChI=1S/C18H20N2O3/c1-12-7-4-5-10-16(12)23-13(2)17(21)20-15-9-6-8-14(11-15)18(22)19-3/h4-11,13H,1-3H3,(H,19,22)(H,20,21). The largest absolute Gasteiger partial charge is 0.481 e. The van der Waals surface area contributed by atoms with Crippen LogP contribution in [0.1, 0.15) is 22.8 Å². The van der Waals surface area contributed by atoms with Crippen molar-refractivity contribution in [1.29, 1.82) is 0 Å². The molecule has 0 saturated carbocycles. The monoisotopic (exact) mass is 312 g/mol. The molecule has 1 atom stereocenters. The van der Waals surface area contributed by atoms with Crippen LogP contribution < -0.4 is 15.4 Å². The maximum atomic E-state index is 12.2. The molecule has 120 valence electrons. The van der Waals surface area contributed by atoms with Crippen molar-refractivity contribution in [3.63, 3.8) is 0 Å². The zero-order chi connectivity index (χ0) is 16.8. The average molecular weight is 312 g/mol. The van der Waals surface area contributed by atoms with E-state index in [-0.39, 0.29) is 11.8 Å². The van der Waals surface area contributed by atoms with Crippen molar-refractivity contribution in [2.45, 2.75) is 20.0 Å². The smallest absolute Gasteiger partial charge is 0.265 e. The van der Waals surface area contributed by atoms with Crippen molar-refractivity contribution in [2.75, 3.05) is 12.4 Å². The van der Waals surface area contributed by atoms with Crippen LogP contribution in [0.4, 0.5) is 5.69 Å². The van der Waals surface area contributed by atoms with Gasteiger partial charge in [0.25, 0.3) is 11.8 Å². The quantitative estimate of drug-likeness (QED) is 0.892. The van der Waals surface area contributed by atoms with Crippen LogP contribution in [-0.4, -0.2) is 25.0 Å². The number of carbonyl (C=O) groups is 2. The third-order valence-corrected chi connectivity index (χ3v) is 3.39. The van der Waals surface area contributed by atoms with Gasteiger partial charge in [0.15, 0.2) is 6.10 Å². The molecule has 0 aliphatic carbocycles. The number of anilines is 1. The number of carbonyl (C=O) groups excluding carboxylic acids is 2. The lowest BCUT2D eigenvalue weighted by Crippen LogP contribution is -2.30. The molecule has 0 fully saturated rings. The molecule has 5 nitrogen and oxygen atoms in total. The van der Waals surface area contributed by atoms with E-state index in [1.165, 1.54) is 0 Å². The summed E-state index contributed by atoms with van der Waals surface area (Å²) >= 11 is 0. The Morgan fingerprint density at radius 2 is 1.83 bits per heavy atom. The molecule has 23 heavy (non-hydrogen) atoms. The van der Waals surface area contributed by atoms with Gasteiger partial charge >= 0.3 is 0 Å². The zero-order valence-corrected chi connectivity index (χ0v) is 13.4. The molecule has 2 N–H and O–H groups in total. The minimum atomic E-state index is -0.653. The van der Waals surface area contributed by atoms with Crippen LogP contribution in [0, 0.1) is 6.92 Å². The molecule has 0 spiro atoms. The lowest BCUT2D eigenvalue weighted by Gasteiger charge is -2.16. The number of hydrogen-bond acceptors (Lipinski definition) is 3. The van der Waals surface area contributed by atoms with Crippen molar-refractivity contribution in [2.24, 2.45) is 0 Å². The van der Waals surface area contributed by atoms with Crippen molar-refractivity contribution in [3.8, 4) is 5.75 Å². The molecule has 5 heteroatoms. The summed E-state index contributed by atoms with van der Waals surface area (Å²) in [5.74, 6) is 0.196. The van der Waals surface area contributed by atoms with E-state index in [1.807, 2.05) is 31.2 Å². The highest BCUT2D eigenvalue weighted by Crippen LogP contribution is 2.18. The Labute approximate surface area is 135 Å². The highest BCUT2D eigenvalue weighted by molar-refractivity contribution is 5.98. The lowest BCUT2D eigenvalue weighted by molar-refractivity contribution is -0.122.